The molecule has 0 saturated heterocycles. The van der Waals surface area contributed by atoms with Crippen molar-refractivity contribution in [2.24, 2.45) is 5.92 Å². The Morgan fingerprint density at radius 2 is 2.33 bits per heavy atom. The molecule has 24 heavy (non-hydrogen) atoms. The molecule has 3 heterocycles. The van der Waals surface area contributed by atoms with Crippen LogP contribution in [0.4, 0.5) is 9.93 Å². The first-order valence-corrected chi connectivity index (χ1v) is 9.45. The molecule has 128 valence electrons. The lowest BCUT2D eigenvalue weighted by atomic mass is 9.89. The minimum atomic E-state index is -0.179. The van der Waals surface area contributed by atoms with E-state index in [-0.39, 0.29) is 12.1 Å². The standard InChI is InChI=1S/C16H22N6OS/c1-2-10-3-5-12-13(7-10)24-16(20-12)21-15(23)19-11-4-6-14-17-9-18-22(14)8-11/h9-11H,2-8H2,1H3,(H2,19,20,21,23)/t10-,11+/m0/s1. The number of fused-ring (bicyclic) bond motifs is 2. The monoisotopic (exact) mass is 346 g/mol. The van der Waals surface area contributed by atoms with Gasteiger partial charge in [-0.05, 0) is 31.6 Å². The van der Waals surface area contributed by atoms with Crippen LogP contribution in [0.1, 0.15) is 42.6 Å². The number of amides is 2. The number of aromatic nitrogens is 4. The van der Waals surface area contributed by atoms with Crippen molar-refractivity contribution in [3.05, 3.63) is 22.7 Å². The molecule has 0 radical (unpaired) electrons. The fourth-order valence-electron chi connectivity index (χ4n) is 3.52. The van der Waals surface area contributed by atoms with Gasteiger partial charge in [0.2, 0.25) is 0 Å². The molecule has 2 N–H and O–H groups in total. The van der Waals surface area contributed by atoms with Crippen LogP contribution < -0.4 is 10.6 Å². The Kier molecular flexibility index (Phi) is 4.22. The van der Waals surface area contributed by atoms with Gasteiger partial charge in [-0.3, -0.25) is 5.32 Å². The highest BCUT2D eigenvalue weighted by Gasteiger charge is 2.24. The van der Waals surface area contributed by atoms with Crippen LogP contribution in [0, 0.1) is 5.92 Å². The predicted octanol–water partition coefficient (Wildman–Crippen LogP) is 2.39. The molecule has 0 fully saturated rings. The number of rotatable bonds is 3. The number of aryl methyl sites for hydroxylation is 2. The normalized spacial score (nSPS) is 22.5. The summed E-state index contributed by atoms with van der Waals surface area (Å²) in [5, 5.41) is 10.8. The van der Waals surface area contributed by atoms with Crippen LogP contribution in [0.3, 0.4) is 0 Å². The van der Waals surface area contributed by atoms with Crippen LogP contribution in [-0.4, -0.2) is 31.8 Å². The molecule has 7 nitrogen and oxygen atoms in total. The van der Waals surface area contributed by atoms with Crippen LogP contribution in [0.25, 0.3) is 0 Å². The Labute approximate surface area is 144 Å². The van der Waals surface area contributed by atoms with E-state index in [1.165, 1.54) is 23.4 Å². The smallest absolute Gasteiger partial charge is 0.321 e. The zero-order valence-electron chi connectivity index (χ0n) is 13.8. The van der Waals surface area contributed by atoms with Gasteiger partial charge in [0.25, 0.3) is 0 Å². The van der Waals surface area contributed by atoms with Gasteiger partial charge in [0, 0.05) is 11.3 Å². The van der Waals surface area contributed by atoms with Crippen LogP contribution >= 0.6 is 11.3 Å². The summed E-state index contributed by atoms with van der Waals surface area (Å²) in [5.74, 6) is 1.75. The third-order valence-corrected chi connectivity index (χ3v) is 6.02. The highest BCUT2D eigenvalue weighted by molar-refractivity contribution is 7.15. The fourth-order valence-corrected chi connectivity index (χ4v) is 4.64. The third-order valence-electron chi connectivity index (χ3n) is 4.98. The summed E-state index contributed by atoms with van der Waals surface area (Å²) in [6.07, 6.45) is 7.86. The van der Waals surface area contributed by atoms with Crippen LogP contribution in [0.2, 0.25) is 0 Å². The fraction of sp³-hybridized carbons (Fsp3) is 0.625. The van der Waals surface area contributed by atoms with E-state index in [0.29, 0.717) is 11.7 Å². The minimum Gasteiger partial charge on any atom is -0.333 e. The van der Waals surface area contributed by atoms with E-state index in [0.717, 1.165) is 37.4 Å². The lowest BCUT2D eigenvalue weighted by Crippen LogP contribution is -2.43. The molecular weight excluding hydrogens is 324 g/mol. The average molecular weight is 346 g/mol. The summed E-state index contributed by atoms with van der Waals surface area (Å²) in [5.41, 5.74) is 1.17. The van der Waals surface area contributed by atoms with Crippen molar-refractivity contribution < 1.29 is 4.79 Å². The molecule has 0 aromatic carbocycles. The maximum atomic E-state index is 12.3. The van der Waals surface area contributed by atoms with E-state index < -0.39 is 0 Å². The first-order valence-electron chi connectivity index (χ1n) is 8.64. The summed E-state index contributed by atoms with van der Waals surface area (Å²) >= 11 is 1.62. The number of nitrogens with zero attached hydrogens (tertiary/aromatic N) is 4. The van der Waals surface area contributed by atoms with Crippen molar-refractivity contribution in [1.29, 1.82) is 0 Å². The molecule has 2 aromatic heterocycles. The van der Waals surface area contributed by atoms with Gasteiger partial charge in [-0.15, -0.1) is 11.3 Å². The molecule has 1 aliphatic carbocycles. The topological polar surface area (TPSA) is 84.7 Å². The highest BCUT2D eigenvalue weighted by Crippen LogP contribution is 2.33. The highest BCUT2D eigenvalue weighted by atomic mass is 32.1. The first kappa shape index (κ1) is 15.6. The molecule has 0 unspecified atom stereocenters. The van der Waals surface area contributed by atoms with Crippen LogP contribution in [0.15, 0.2) is 6.33 Å². The van der Waals surface area contributed by atoms with Gasteiger partial charge in [-0.2, -0.15) is 5.10 Å². The van der Waals surface area contributed by atoms with Gasteiger partial charge in [0.1, 0.15) is 12.2 Å². The van der Waals surface area contributed by atoms with Crippen molar-refractivity contribution in [2.45, 2.75) is 58.0 Å². The largest absolute Gasteiger partial charge is 0.333 e. The van der Waals surface area contributed by atoms with Gasteiger partial charge in [-0.1, -0.05) is 13.3 Å². The SMILES string of the molecule is CC[C@H]1CCc2nc(NC(=O)N[C@@H]3CCc4ncnn4C3)sc2C1. The molecule has 4 rings (SSSR count). The lowest BCUT2D eigenvalue weighted by molar-refractivity contribution is 0.243. The molecule has 0 bridgehead atoms. The predicted molar refractivity (Wildman–Crippen MR) is 92.2 cm³/mol. The van der Waals surface area contributed by atoms with E-state index >= 15 is 0 Å². The van der Waals surface area contributed by atoms with Gasteiger partial charge in [-0.25, -0.2) is 19.4 Å². The Balaban J connectivity index is 1.35. The first-order chi connectivity index (χ1) is 11.7. The Bertz CT molecular complexity index is 739. The molecular formula is C16H22N6OS. The summed E-state index contributed by atoms with van der Waals surface area (Å²) in [6, 6.07) is -0.0973. The molecule has 2 amide bonds. The minimum absolute atomic E-state index is 0.0817. The molecule has 0 spiro atoms. The van der Waals surface area contributed by atoms with Gasteiger partial charge < -0.3 is 5.32 Å². The van der Waals surface area contributed by atoms with Gasteiger partial charge in [0.15, 0.2) is 5.13 Å². The summed E-state index contributed by atoms with van der Waals surface area (Å²) in [7, 11) is 0. The van der Waals surface area contributed by atoms with Crippen molar-refractivity contribution in [2.75, 3.05) is 5.32 Å². The third kappa shape index (κ3) is 3.15. The van der Waals surface area contributed by atoms with Crippen molar-refractivity contribution in [3.8, 4) is 0 Å². The number of anilines is 1. The van der Waals surface area contributed by atoms with E-state index in [4.69, 9.17) is 0 Å². The Morgan fingerprint density at radius 3 is 3.21 bits per heavy atom. The van der Waals surface area contributed by atoms with Gasteiger partial charge in [0.05, 0.1) is 18.3 Å². The maximum absolute atomic E-state index is 12.3. The maximum Gasteiger partial charge on any atom is 0.321 e. The van der Waals surface area contributed by atoms with Crippen LogP contribution in [-0.2, 0) is 25.8 Å². The zero-order valence-corrected chi connectivity index (χ0v) is 14.6. The van der Waals surface area contributed by atoms with E-state index in [2.05, 4.69) is 32.6 Å². The summed E-state index contributed by atoms with van der Waals surface area (Å²) < 4.78 is 1.86. The number of hydrogen-bond donors (Lipinski definition) is 2. The number of thiazole rings is 1. The Morgan fingerprint density at radius 1 is 1.42 bits per heavy atom. The van der Waals surface area contributed by atoms with Crippen molar-refractivity contribution >= 4 is 22.5 Å². The summed E-state index contributed by atoms with van der Waals surface area (Å²) in [6.45, 7) is 2.92. The Hall–Kier alpha value is -1.96. The summed E-state index contributed by atoms with van der Waals surface area (Å²) in [4.78, 5) is 22.4. The molecule has 1 aliphatic heterocycles. The van der Waals surface area contributed by atoms with Crippen molar-refractivity contribution in [1.82, 2.24) is 25.1 Å². The van der Waals surface area contributed by atoms with Gasteiger partial charge >= 0.3 is 6.03 Å². The number of nitrogens with one attached hydrogen (secondary N) is 2. The number of carbonyl (C=O) groups is 1. The molecule has 2 aromatic rings. The second kappa shape index (κ2) is 6.51. The number of urea groups is 1. The number of hydrogen-bond acceptors (Lipinski definition) is 5. The zero-order chi connectivity index (χ0) is 16.5. The van der Waals surface area contributed by atoms with Crippen molar-refractivity contribution in [3.63, 3.8) is 0 Å². The van der Waals surface area contributed by atoms with Crippen LogP contribution in [0.5, 0.6) is 0 Å². The second-order valence-electron chi connectivity index (χ2n) is 6.60. The average Bonchev–Trinajstić information content (AvgIpc) is 3.19. The molecule has 2 aliphatic rings. The van der Waals surface area contributed by atoms with E-state index in [1.54, 1.807) is 17.7 Å². The molecule has 0 saturated carbocycles. The lowest BCUT2D eigenvalue weighted by Gasteiger charge is -2.23. The molecule has 2 atom stereocenters. The quantitative estimate of drug-likeness (QED) is 0.894. The molecule has 8 heteroatoms. The number of carbonyl (C=O) groups excluding carboxylic acids is 1. The van der Waals surface area contributed by atoms with E-state index in [9.17, 15) is 4.79 Å². The second-order valence-corrected chi connectivity index (χ2v) is 7.68. The van der Waals surface area contributed by atoms with E-state index in [1.807, 2.05) is 4.68 Å².